The van der Waals surface area contributed by atoms with Crippen molar-refractivity contribution in [2.45, 2.75) is 39.5 Å². The molecule has 0 aliphatic rings. The summed E-state index contributed by atoms with van der Waals surface area (Å²) in [6, 6.07) is 0. The van der Waals surface area contributed by atoms with E-state index < -0.39 is 0 Å². The summed E-state index contributed by atoms with van der Waals surface area (Å²) in [5.74, 6) is 0.560. The molecule has 0 aromatic heterocycles. The fourth-order valence-electron chi connectivity index (χ4n) is 0.917. The van der Waals surface area contributed by atoms with Crippen molar-refractivity contribution >= 4 is 0 Å². The van der Waals surface area contributed by atoms with Crippen molar-refractivity contribution in [3.63, 3.8) is 0 Å². The van der Waals surface area contributed by atoms with Crippen LogP contribution in [0.5, 0.6) is 0 Å². The molecule has 60 valence electrons. The van der Waals surface area contributed by atoms with E-state index in [1.165, 1.54) is 19.3 Å². The van der Waals surface area contributed by atoms with Crippen molar-refractivity contribution in [1.82, 2.24) is 0 Å². The van der Waals surface area contributed by atoms with Crippen LogP contribution in [-0.4, -0.2) is 11.7 Å². The summed E-state index contributed by atoms with van der Waals surface area (Å²) in [6.07, 6.45) is 4.83. The van der Waals surface area contributed by atoms with Gasteiger partial charge in [-0.3, -0.25) is 0 Å². The van der Waals surface area contributed by atoms with Crippen LogP contribution >= 0.6 is 0 Å². The van der Waals surface area contributed by atoms with Crippen LogP contribution in [0.2, 0.25) is 0 Å². The first kappa shape index (κ1) is 13.4. The van der Waals surface area contributed by atoms with E-state index in [4.69, 9.17) is 5.11 Å². The Balaban J connectivity index is 0. The summed E-state index contributed by atoms with van der Waals surface area (Å²) in [5, 5.41) is 8.75. The van der Waals surface area contributed by atoms with Crippen molar-refractivity contribution < 1.29 is 30.9 Å². The van der Waals surface area contributed by atoms with Gasteiger partial charge >= 0.3 is 0 Å². The molecule has 0 amide bonds. The van der Waals surface area contributed by atoms with E-state index in [0.717, 1.165) is 6.42 Å². The molecule has 0 radical (unpaired) electrons. The zero-order valence-corrected chi connectivity index (χ0v) is 10.7. The van der Waals surface area contributed by atoms with E-state index in [0.29, 0.717) is 12.5 Å². The van der Waals surface area contributed by atoms with E-state index >= 15 is 0 Å². The van der Waals surface area contributed by atoms with Crippen molar-refractivity contribution in [2.24, 2.45) is 5.92 Å². The molecule has 10 heavy (non-hydrogen) atoms. The van der Waals surface area contributed by atoms with Crippen molar-refractivity contribution in [2.75, 3.05) is 6.61 Å². The van der Waals surface area contributed by atoms with Gasteiger partial charge in [0.15, 0.2) is 0 Å². The quantitative estimate of drug-likeness (QED) is 0.772. The van der Waals surface area contributed by atoms with Gasteiger partial charge in [-0.1, -0.05) is 33.1 Å². The maximum absolute atomic E-state index is 8.75. The smallest absolute Gasteiger partial charge is 0.0459 e. The third kappa shape index (κ3) is 6.94. The van der Waals surface area contributed by atoms with Gasteiger partial charge in [0.05, 0.1) is 0 Å². The van der Waals surface area contributed by atoms with E-state index in [-0.39, 0.29) is 25.8 Å². The summed E-state index contributed by atoms with van der Waals surface area (Å²) >= 11 is 0. The molecular formula is C8H18HfO. The van der Waals surface area contributed by atoms with Gasteiger partial charge in [-0.15, -0.1) is 0 Å². The molecule has 1 nitrogen and oxygen atoms in total. The summed E-state index contributed by atoms with van der Waals surface area (Å²) < 4.78 is 0. The van der Waals surface area contributed by atoms with Crippen LogP contribution < -0.4 is 0 Å². The predicted octanol–water partition coefficient (Wildman–Crippen LogP) is 2.19. The molecule has 0 saturated heterocycles. The third-order valence-electron chi connectivity index (χ3n) is 1.80. The van der Waals surface area contributed by atoms with Crippen molar-refractivity contribution in [3.05, 3.63) is 0 Å². The van der Waals surface area contributed by atoms with Crippen molar-refractivity contribution in [1.29, 1.82) is 0 Å². The molecule has 0 rings (SSSR count). The normalized spacial score (nSPS) is 12.3. The molecule has 0 bridgehead atoms. The molecule has 0 aliphatic heterocycles. The Labute approximate surface area is 83.0 Å². The third-order valence-corrected chi connectivity index (χ3v) is 1.80. The molecule has 0 fully saturated rings. The van der Waals surface area contributed by atoms with Crippen LogP contribution in [0.25, 0.3) is 0 Å². The van der Waals surface area contributed by atoms with E-state index in [2.05, 4.69) is 13.8 Å². The molecule has 0 aromatic carbocycles. The Morgan fingerprint density at radius 3 is 2.20 bits per heavy atom. The maximum Gasteiger partial charge on any atom is 0.0459 e. The fourth-order valence-corrected chi connectivity index (χ4v) is 0.917. The molecule has 1 atom stereocenters. The Hall–Kier alpha value is 0.830. The average molecular weight is 309 g/mol. The molecule has 0 aliphatic carbocycles. The largest absolute Gasteiger partial charge is 0.396 e. The molecule has 1 N–H and O–H groups in total. The van der Waals surface area contributed by atoms with Crippen LogP contribution in [0, 0.1) is 5.92 Å². The monoisotopic (exact) mass is 310 g/mol. The molecular weight excluding hydrogens is 291 g/mol. The number of rotatable bonds is 5. The van der Waals surface area contributed by atoms with Crippen LogP contribution in [0.15, 0.2) is 0 Å². The van der Waals surface area contributed by atoms with Crippen LogP contribution in [0.4, 0.5) is 0 Å². The maximum atomic E-state index is 8.75. The first-order valence-corrected chi connectivity index (χ1v) is 3.96. The minimum Gasteiger partial charge on any atom is -0.396 e. The minimum atomic E-state index is 0. The second kappa shape index (κ2) is 9.83. The molecule has 0 heterocycles. The van der Waals surface area contributed by atoms with Gasteiger partial charge in [0.25, 0.3) is 0 Å². The van der Waals surface area contributed by atoms with Gasteiger partial charge in [-0.25, -0.2) is 0 Å². The molecule has 0 aromatic rings. The summed E-state index contributed by atoms with van der Waals surface area (Å²) in [4.78, 5) is 0. The minimum absolute atomic E-state index is 0. The second-order valence-corrected chi connectivity index (χ2v) is 2.60. The van der Waals surface area contributed by atoms with Crippen LogP contribution in [0.3, 0.4) is 0 Å². The molecule has 2 heteroatoms. The van der Waals surface area contributed by atoms with E-state index in [1.807, 2.05) is 0 Å². The van der Waals surface area contributed by atoms with Gasteiger partial charge < -0.3 is 5.11 Å². The Kier molecular flexibility index (Phi) is 13.2. The van der Waals surface area contributed by atoms with Crippen LogP contribution in [-0.2, 0) is 25.8 Å². The van der Waals surface area contributed by atoms with E-state index in [9.17, 15) is 0 Å². The first-order valence-electron chi connectivity index (χ1n) is 3.96. The van der Waals surface area contributed by atoms with Gasteiger partial charge in [-0.2, -0.15) is 0 Å². The van der Waals surface area contributed by atoms with Crippen molar-refractivity contribution in [3.8, 4) is 0 Å². The molecule has 0 saturated carbocycles. The molecule has 0 spiro atoms. The van der Waals surface area contributed by atoms with Gasteiger partial charge in [0, 0.05) is 32.5 Å². The summed E-state index contributed by atoms with van der Waals surface area (Å²) in [7, 11) is 0. The number of aliphatic hydroxyl groups is 1. The summed E-state index contributed by atoms with van der Waals surface area (Å²) in [6.45, 7) is 4.69. The Bertz CT molecular complexity index is 53.2. The SMILES string of the molecule is CCCCC(CC)CO.[Hf]. The van der Waals surface area contributed by atoms with Crippen LogP contribution in [0.1, 0.15) is 39.5 Å². The first-order chi connectivity index (χ1) is 4.35. The van der Waals surface area contributed by atoms with Gasteiger partial charge in [0.2, 0.25) is 0 Å². The standard InChI is InChI=1S/C8H18O.Hf/c1-3-5-6-8(4-2)7-9;/h8-9H,3-7H2,1-2H3;. The predicted molar refractivity (Wildman–Crippen MR) is 40.4 cm³/mol. The molecule has 1 unspecified atom stereocenters. The van der Waals surface area contributed by atoms with Gasteiger partial charge in [-0.05, 0) is 12.3 Å². The second-order valence-electron chi connectivity index (χ2n) is 2.60. The Morgan fingerprint density at radius 1 is 1.30 bits per heavy atom. The zero-order chi connectivity index (χ0) is 7.11. The Morgan fingerprint density at radius 2 is 1.90 bits per heavy atom. The average Bonchev–Trinajstić information content (AvgIpc) is 1.91. The number of hydrogen-bond donors (Lipinski definition) is 1. The summed E-state index contributed by atoms with van der Waals surface area (Å²) in [5.41, 5.74) is 0. The number of unbranched alkanes of at least 4 members (excludes halogenated alkanes) is 1. The van der Waals surface area contributed by atoms with Gasteiger partial charge in [0.1, 0.15) is 0 Å². The van der Waals surface area contributed by atoms with E-state index in [1.54, 1.807) is 0 Å². The fraction of sp³-hybridized carbons (Fsp3) is 1.00. The number of hydrogen-bond acceptors (Lipinski definition) is 1. The topological polar surface area (TPSA) is 20.2 Å². The zero-order valence-electron chi connectivity index (χ0n) is 7.06. The number of aliphatic hydroxyl groups excluding tert-OH is 1.